The molecule has 2 fully saturated rings. The number of ether oxygens (including phenoxy) is 4. The molecule has 66 heavy (non-hydrogen) atoms. The number of unbranched alkanes of at least 4 members (excludes halogenated alkanes) is 26. The molecule has 0 bridgehead atoms. The number of amides is 1. The lowest BCUT2D eigenvalue weighted by Gasteiger charge is -2.46. The number of allylic oxidation sites excluding steroid dienone is 3. The average Bonchev–Trinajstić information content (AvgIpc) is 3.31. The molecule has 0 spiro atoms. The predicted molar refractivity (Wildman–Crippen MR) is 258 cm³/mol. The molecule has 0 aliphatic carbocycles. The number of aliphatic hydroxyl groups excluding tert-OH is 8. The van der Waals surface area contributed by atoms with Gasteiger partial charge in [-0.15, -0.1) is 0 Å². The maximum absolute atomic E-state index is 13.1. The van der Waals surface area contributed by atoms with Crippen LogP contribution in [0.25, 0.3) is 0 Å². The van der Waals surface area contributed by atoms with Crippen molar-refractivity contribution in [3.8, 4) is 0 Å². The van der Waals surface area contributed by atoms with Gasteiger partial charge >= 0.3 is 0 Å². The summed E-state index contributed by atoms with van der Waals surface area (Å²) in [6.07, 6.45) is 26.6. The summed E-state index contributed by atoms with van der Waals surface area (Å²) in [7, 11) is 0. The van der Waals surface area contributed by atoms with Crippen molar-refractivity contribution in [3.05, 3.63) is 24.3 Å². The van der Waals surface area contributed by atoms with Crippen LogP contribution in [0.5, 0.6) is 0 Å². The highest BCUT2D eigenvalue weighted by Gasteiger charge is 2.51. The SMILES string of the molecule is CCCCCCCCCCCCCCCCC/C=C/CC/C=C/C(O)C(COC1OC(CO)C(OC2OC(CO)C(O)C(O)C2O)C(O)C1O)NC(=O)CCCCCCCCCCCCC. The monoisotopic (exact) mass is 944 g/mol. The van der Waals surface area contributed by atoms with E-state index in [1.165, 1.54) is 141 Å². The molecule has 0 saturated carbocycles. The zero-order valence-corrected chi connectivity index (χ0v) is 41.2. The molecule has 9 N–H and O–H groups in total. The molecule has 0 aromatic heterocycles. The van der Waals surface area contributed by atoms with Crippen molar-refractivity contribution < 1.29 is 64.6 Å². The summed E-state index contributed by atoms with van der Waals surface area (Å²) in [5.41, 5.74) is 0. The zero-order valence-electron chi connectivity index (χ0n) is 41.2. The lowest BCUT2D eigenvalue weighted by molar-refractivity contribution is -0.359. The van der Waals surface area contributed by atoms with E-state index in [2.05, 4.69) is 31.3 Å². The van der Waals surface area contributed by atoms with E-state index in [1.807, 2.05) is 6.08 Å². The maximum Gasteiger partial charge on any atom is 0.220 e. The van der Waals surface area contributed by atoms with Gasteiger partial charge in [0, 0.05) is 6.42 Å². The molecule has 2 heterocycles. The minimum Gasteiger partial charge on any atom is -0.394 e. The molecule has 2 aliphatic rings. The molecule has 388 valence electrons. The Morgan fingerprint density at radius 3 is 1.48 bits per heavy atom. The zero-order chi connectivity index (χ0) is 48.2. The standard InChI is InChI=1S/C52H97NO13/c1-3-5-7-9-11-13-15-16-17-18-19-20-21-22-23-24-26-27-29-31-33-35-41(56)40(53-44(57)36-34-32-30-28-25-14-12-10-8-6-4-2)39-63-51-49(62)47(60)50(43(38-55)65-51)66-52-48(61)46(59)45(58)42(37-54)64-52/h26-27,33,35,40-43,45-52,54-56,58-62H,3-25,28-32,34,36-39H2,1-2H3,(H,53,57)/b27-26+,35-33+. The van der Waals surface area contributed by atoms with Crippen LogP contribution in [-0.2, 0) is 23.7 Å². The van der Waals surface area contributed by atoms with Crippen molar-refractivity contribution in [2.45, 2.75) is 280 Å². The largest absolute Gasteiger partial charge is 0.394 e. The second-order valence-corrected chi connectivity index (χ2v) is 19.0. The molecule has 0 radical (unpaired) electrons. The van der Waals surface area contributed by atoms with E-state index in [4.69, 9.17) is 18.9 Å². The average molecular weight is 944 g/mol. The molecule has 2 saturated heterocycles. The summed E-state index contributed by atoms with van der Waals surface area (Å²) in [5, 5.41) is 86.7. The van der Waals surface area contributed by atoms with Crippen LogP contribution >= 0.6 is 0 Å². The van der Waals surface area contributed by atoms with Crippen LogP contribution in [0, 0.1) is 0 Å². The third-order valence-electron chi connectivity index (χ3n) is 13.1. The van der Waals surface area contributed by atoms with Crippen LogP contribution in [0.15, 0.2) is 24.3 Å². The van der Waals surface area contributed by atoms with Gasteiger partial charge in [-0.25, -0.2) is 0 Å². The first-order chi connectivity index (χ1) is 32.1. The molecule has 14 nitrogen and oxygen atoms in total. The Hall–Kier alpha value is -1.53. The minimum atomic E-state index is -1.79. The van der Waals surface area contributed by atoms with Gasteiger partial charge in [-0.2, -0.15) is 0 Å². The van der Waals surface area contributed by atoms with Crippen molar-refractivity contribution in [2.24, 2.45) is 0 Å². The first-order valence-corrected chi connectivity index (χ1v) is 26.6. The van der Waals surface area contributed by atoms with Crippen molar-refractivity contribution in [2.75, 3.05) is 19.8 Å². The van der Waals surface area contributed by atoms with E-state index in [-0.39, 0.29) is 18.9 Å². The molecular formula is C52H97NO13. The lowest BCUT2D eigenvalue weighted by atomic mass is 9.97. The number of aliphatic hydroxyl groups is 8. The fraction of sp³-hybridized carbons (Fsp3) is 0.904. The number of nitrogens with one attached hydrogen (secondary N) is 1. The molecule has 2 rings (SSSR count). The quantitative estimate of drug-likeness (QED) is 0.0216. The number of hydrogen-bond acceptors (Lipinski definition) is 13. The van der Waals surface area contributed by atoms with Gasteiger partial charge in [0.15, 0.2) is 12.6 Å². The van der Waals surface area contributed by atoms with Gasteiger partial charge in [0.2, 0.25) is 5.91 Å². The second-order valence-electron chi connectivity index (χ2n) is 19.0. The minimum absolute atomic E-state index is 0.250. The second kappa shape index (κ2) is 39.2. The summed E-state index contributed by atoms with van der Waals surface area (Å²) in [4.78, 5) is 13.1. The summed E-state index contributed by atoms with van der Waals surface area (Å²) in [5.74, 6) is -0.250. The van der Waals surface area contributed by atoms with E-state index in [0.29, 0.717) is 12.8 Å². The van der Waals surface area contributed by atoms with Gasteiger partial charge in [0.1, 0.15) is 48.8 Å². The number of hydrogen-bond donors (Lipinski definition) is 9. The summed E-state index contributed by atoms with van der Waals surface area (Å²) >= 11 is 0. The van der Waals surface area contributed by atoms with Gasteiger partial charge in [0.25, 0.3) is 0 Å². The predicted octanol–water partition coefficient (Wildman–Crippen LogP) is 7.33. The van der Waals surface area contributed by atoms with Gasteiger partial charge in [-0.05, 0) is 32.1 Å². The van der Waals surface area contributed by atoms with E-state index in [0.717, 1.165) is 32.1 Å². The van der Waals surface area contributed by atoms with Gasteiger partial charge in [-0.1, -0.05) is 192 Å². The molecular weight excluding hydrogens is 847 g/mol. The molecule has 2 aliphatic heterocycles. The van der Waals surface area contributed by atoms with E-state index < -0.39 is 86.8 Å². The van der Waals surface area contributed by atoms with Crippen LogP contribution in [0.2, 0.25) is 0 Å². The highest BCUT2D eigenvalue weighted by Crippen LogP contribution is 2.30. The first kappa shape index (κ1) is 60.6. The van der Waals surface area contributed by atoms with Gasteiger partial charge in [-0.3, -0.25) is 4.79 Å². The molecule has 12 unspecified atom stereocenters. The lowest BCUT2D eigenvalue weighted by Crippen LogP contribution is -2.65. The normalized spacial score (nSPS) is 26.9. The first-order valence-electron chi connectivity index (χ1n) is 26.6. The van der Waals surface area contributed by atoms with Crippen molar-refractivity contribution in [3.63, 3.8) is 0 Å². The Bertz CT molecular complexity index is 1210. The fourth-order valence-corrected chi connectivity index (χ4v) is 8.78. The Morgan fingerprint density at radius 2 is 0.970 bits per heavy atom. The number of carbonyl (C=O) groups is 1. The molecule has 14 heteroatoms. The maximum atomic E-state index is 13.1. The van der Waals surface area contributed by atoms with Gasteiger partial charge in [0.05, 0.1) is 32.0 Å². The molecule has 12 atom stereocenters. The Kier molecular flexibility index (Phi) is 36.0. The smallest absolute Gasteiger partial charge is 0.220 e. The molecule has 0 aromatic carbocycles. The van der Waals surface area contributed by atoms with Crippen molar-refractivity contribution >= 4 is 5.91 Å². The van der Waals surface area contributed by atoms with E-state index >= 15 is 0 Å². The summed E-state index contributed by atoms with van der Waals surface area (Å²) in [6, 6.07) is -0.925. The highest BCUT2D eigenvalue weighted by molar-refractivity contribution is 5.76. The molecule has 1 amide bonds. The Labute approximate surface area is 398 Å². The molecule has 0 aromatic rings. The van der Waals surface area contributed by atoms with Crippen LogP contribution in [0.3, 0.4) is 0 Å². The third kappa shape index (κ3) is 25.9. The fourth-order valence-electron chi connectivity index (χ4n) is 8.78. The van der Waals surface area contributed by atoms with E-state index in [9.17, 15) is 45.6 Å². The third-order valence-corrected chi connectivity index (χ3v) is 13.1. The number of carbonyl (C=O) groups excluding carboxylic acids is 1. The van der Waals surface area contributed by atoms with Crippen LogP contribution in [-0.4, -0.2) is 140 Å². The van der Waals surface area contributed by atoms with E-state index in [1.54, 1.807) is 6.08 Å². The van der Waals surface area contributed by atoms with Crippen LogP contribution in [0.4, 0.5) is 0 Å². The Morgan fingerprint density at radius 1 is 0.530 bits per heavy atom. The topological polar surface area (TPSA) is 228 Å². The van der Waals surface area contributed by atoms with Crippen molar-refractivity contribution in [1.29, 1.82) is 0 Å². The van der Waals surface area contributed by atoms with Gasteiger partial charge < -0.3 is 65.1 Å². The number of rotatable bonds is 41. The highest BCUT2D eigenvalue weighted by atomic mass is 16.7. The Balaban J connectivity index is 1.82. The van der Waals surface area contributed by atoms with Crippen LogP contribution < -0.4 is 5.32 Å². The summed E-state index contributed by atoms with van der Waals surface area (Å²) in [6.45, 7) is 2.76. The summed E-state index contributed by atoms with van der Waals surface area (Å²) < 4.78 is 22.7. The van der Waals surface area contributed by atoms with Crippen molar-refractivity contribution in [1.82, 2.24) is 5.32 Å². The van der Waals surface area contributed by atoms with Crippen LogP contribution in [0.1, 0.15) is 206 Å².